The molecule has 4 nitrogen and oxygen atoms in total. The van der Waals surface area contributed by atoms with E-state index in [0.29, 0.717) is 18.7 Å². The van der Waals surface area contributed by atoms with Crippen LogP contribution in [0.2, 0.25) is 0 Å². The van der Waals surface area contributed by atoms with E-state index < -0.39 is 12.0 Å². The van der Waals surface area contributed by atoms with E-state index in [4.69, 9.17) is 5.73 Å². The van der Waals surface area contributed by atoms with E-state index in [1.54, 1.807) is 6.92 Å². The molecule has 2 N–H and O–H groups in total. The summed E-state index contributed by atoms with van der Waals surface area (Å²) in [6.07, 6.45) is -2.48. The number of halogens is 3. The molecule has 0 saturated carbocycles. The van der Waals surface area contributed by atoms with Gasteiger partial charge in [0.25, 0.3) is 0 Å². The Morgan fingerprint density at radius 3 is 2.69 bits per heavy atom. The first-order valence-corrected chi connectivity index (χ1v) is 5.18. The normalized spacial score (nSPS) is 22.9. The molecule has 1 aliphatic heterocycles. The minimum atomic E-state index is -4.46. The van der Waals surface area contributed by atoms with E-state index in [1.807, 2.05) is 0 Å². The molecule has 0 aliphatic carbocycles. The average molecular weight is 234 g/mol. The van der Waals surface area contributed by atoms with Gasteiger partial charge >= 0.3 is 6.18 Å². The maximum atomic E-state index is 12.7. The predicted octanol–water partition coefficient (Wildman–Crippen LogP) is 1.52. The van der Waals surface area contributed by atoms with E-state index in [1.165, 1.54) is 0 Å². The van der Waals surface area contributed by atoms with Crippen molar-refractivity contribution in [1.29, 1.82) is 0 Å². The van der Waals surface area contributed by atoms with Crippen LogP contribution < -0.4 is 5.73 Å². The molecule has 90 valence electrons. The van der Waals surface area contributed by atoms with Crippen molar-refractivity contribution >= 4 is 0 Å². The molecule has 0 aromatic carbocycles. The van der Waals surface area contributed by atoms with E-state index in [-0.39, 0.29) is 12.1 Å². The Bertz CT molecular complexity index is 383. The number of alkyl halides is 3. The highest BCUT2D eigenvalue weighted by Gasteiger charge is 2.41. The summed E-state index contributed by atoms with van der Waals surface area (Å²) in [4.78, 5) is 0. The third kappa shape index (κ3) is 1.79. The van der Waals surface area contributed by atoms with Gasteiger partial charge in [0.2, 0.25) is 5.82 Å². The van der Waals surface area contributed by atoms with Crippen LogP contribution in [0.1, 0.15) is 37.5 Å². The van der Waals surface area contributed by atoms with E-state index >= 15 is 0 Å². The minimum Gasteiger partial charge on any atom is -0.326 e. The molecule has 0 radical (unpaired) electrons. The minimum absolute atomic E-state index is 0.337. The van der Waals surface area contributed by atoms with Crippen molar-refractivity contribution in [2.24, 2.45) is 5.73 Å². The van der Waals surface area contributed by atoms with Gasteiger partial charge in [0, 0.05) is 12.5 Å². The highest BCUT2D eigenvalue weighted by atomic mass is 19.4. The third-order valence-corrected chi connectivity index (χ3v) is 2.86. The zero-order valence-electron chi connectivity index (χ0n) is 8.83. The Labute approximate surface area is 90.6 Å². The van der Waals surface area contributed by atoms with Crippen LogP contribution in [0.3, 0.4) is 0 Å². The molecule has 0 amide bonds. The van der Waals surface area contributed by atoms with Gasteiger partial charge < -0.3 is 10.3 Å². The molecule has 1 aliphatic rings. The van der Waals surface area contributed by atoms with Crippen LogP contribution in [0, 0.1) is 0 Å². The van der Waals surface area contributed by atoms with Gasteiger partial charge in [-0.3, -0.25) is 0 Å². The topological polar surface area (TPSA) is 56.7 Å². The number of rotatable bonds is 1. The molecular formula is C9H13F3N4. The first kappa shape index (κ1) is 11.4. The molecule has 2 unspecified atom stereocenters. The summed E-state index contributed by atoms with van der Waals surface area (Å²) in [6.45, 7) is 1.71. The quantitative estimate of drug-likeness (QED) is 0.801. The molecule has 0 fully saturated rings. The first-order valence-electron chi connectivity index (χ1n) is 5.18. The second-order valence-electron chi connectivity index (χ2n) is 4.13. The molecule has 0 spiro atoms. The summed E-state index contributed by atoms with van der Waals surface area (Å²) < 4.78 is 39.2. The summed E-state index contributed by atoms with van der Waals surface area (Å²) in [6, 6.07) is -0.688. The van der Waals surface area contributed by atoms with Gasteiger partial charge in [-0.15, -0.1) is 10.2 Å². The number of aryl methyl sites for hydroxylation is 1. The van der Waals surface area contributed by atoms with Crippen molar-refractivity contribution in [2.75, 3.05) is 0 Å². The van der Waals surface area contributed by atoms with Crippen molar-refractivity contribution in [3.05, 3.63) is 11.6 Å². The van der Waals surface area contributed by atoms with Gasteiger partial charge in [0.15, 0.2) is 0 Å². The fraction of sp³-hybridized carbons (Fsp3) is 0.778. The number of fused-ring (bicyclic) bond motifs is 1. The fourth-order valence-electron chi connectivity index (χ4n) is 2.13. The lowest BCUT2D eigenvalue weighted by Gasteiger charge is -2.29. The van der Waals surface area contributed by atoms with E-state index in [2.05, 4.69) is 10.2 Å². The maximum Gasteiger partial charge on any atom is 0.451 e. The Morgan fingerprint density at radius 2 is 2.12 bits per heavy atom. The number of aromatic nitrogens is 3. The molecule has 2 heterocycles. The molecule has 0 saturated heterocycles. The summed E-state index contributed by atoms with van der Waals surface area (Å²) in [7, 11) is 0. The second kappa shape index (κ2) is 3.73. The first-order chi connectivity index (χ1) is 7.41. The Morgan fingerprint density at radius 1 is 1.44 bits per heavy atom. The van der Waals surface area contributed by atoms with Gasteiger partial charge in [0.05, 0.1) is 6.04 Å². The largest absolute Gasteiger partial charge is 0.451 e. The average Bonchev–Trinajstić information content (AvgIpc) is 2.59. The molecule has 16 heavy (non-hydrogen) atoms. The lowest BCUT2D eigenvalue weighted by molar-refractivity contribution is -0.148. The van der Waals surface area contributed by atoms with Crippen LogP contribution >= 0.6 is 0 Å². The van der Waals surface area contributed by atoms with Crippen LogP contribution in [0.5, 0.6) is 0 Å². The Hall–Kier alpha value is -1.11. The predicted molar refractivity (Wildman–Crippen MR) is 50.6 cm³/mol. The molecule has 2 rings (SSSR count). The van der Waals surface area contributed by atoms with Gasteiger partial charge in [-0.1, -0.05) is 0 Å². The maximum absolute atomic E-state index is 12.7. The van der Waals surface area contributed by atoms with Crippen molar-refractivity contribution in [2.45, 2.75) is 44.4 Å². The van der Waals surface area contributed by atoms with Crippen LogP contribution in [-0.2, 0) is 12.6 Å². The lowest BCUT2D eigenvalue weighted by Crippen LogP contribution is -2.35. The standard InChI is InChI=1S/C9H13F3N4/c1-5(13)6-3-2-4-7-14-15-8(16(6)7)9(10,11)12/h5-6H,2-4,13H2,1H3. The Balaban J connectivity index is 2.48. The van der Waals surface area contributed by atoms with Gasteiger partial charge in [-0.25, -0.2) is 0 Å². The SMILES string of the molecule is CC(N)C1CCCc2nnc(C(F)(F)F)n21. The number of nitrogens with zero attached hydrogens (tertiary/aromatic N) is 3. The molecule has 1 aromatic rings. The highest BCUT2D eigenvalue weighted by molar-refractivity contribution is 5.06. The van der Waals surface area contributed by atoms with Crippen LogP contribution in [0.25, 0.3) is 0 Å². The zero-order chi connectivity index (χ0) is 11.9. The highest BCUT2D eigenvalue weighted by Crippen LogP contribution is 2.34. The number of hydrogen-bond donors (Lipinski definition) is 1. The van der Waals surface area contributed by atoms with Crippen LogP contribution in [-0.4, -0.2) is 20.8 Å². The molecule has 1 aromatic heterocycles. The van der Waals surface area contributed by atoms with Crippen LogP contribution in [0.4, 0.5) is 13.2 Å². The summed E-state index contributed by atoms with van der Waals surface area (Å²) in [5, 5.41) is 6.83. The fourth-order valence-corrected chi connectivity index (χ4v) is 2.13. The van der Waals surface area contributed by atoms with Crippen molar-refractivity contribution < 1.29 is 13.2 Å². The zero-order valence-corrected chi connectivity index (χ0v) is 8.83. The van der Waals surface area contributed by atoms with Gasteiger partial charge in [-0.2, -0.15) is 13.2 Å². The van der Waals surface area contributed by atoms with E-state index in [9.17, 15) is 13.2 Å². The van der Waals surface area contributed by atoms with Crippen molar-refractivity contribution in [1.82, 2.24) is 14.8 Å². The number of nitrogens with two attached hydrogens (primary N) is 1. The molecule has 7 heteroatoms. The monoisotopic (exact) mass is 234 g/mol. The lowest BCUT2D eigenvalue weighted by atomic mass is 9.99. The molecular weight excluding hydrogens is 221 g/mol. The summed E-state index contributed by atoms with van der Waals surface area (Å²) >= 11 is 0. The molecule has 2 atom stereocenters. The number of hydrogen-bond acceptors (Lipinski definition) is 3. The van der Waals surface area contributed by atoms with Gasteiger partial charge in [-0.05, 0) is 19.8 Å². The van der Waals surface area contributed by atoms with Gasteiger partial charge in [0.1, 0.15) is 5.82 Å². The summed E-state index contributed by atoms with van der Waals surface area (Å²) in [5.41, 5.74) is 5.71. The van der Waals surface area contributed by atoms with Crippen molar-refractivity contribution in [3.8, 4) is 0 Å². The second-order valence-corrected chi connectivity index (χ2v) is 4.13. The summed E-state index contributed by atoms with van der Waals surface area (Å²) in [5.74, 6) is -0.537. The Kier molecular flexibility index (Phi) is 2.65. The van der Waals surface area contributed by atoms with Crippen molar-refractivity contribution in [3.63, 3.8) is 0 Å². The smallest absolute Gasteiger partial charge is 0.326 e. The van der Waals surface area contributed by atoms with Crippen LogP contribution in [0.15, 0.2) is 0 Å². The third-order valence-electron chi connectivity index (χ3n) is 2.86. The molecule has 0 bridgehead atoms. The van der Waals surface area contributed by atoms with E-state index in [0.717, 1.165) is 11.0 Å².